The predicted octanol–water partition coefficient (Wildman–Crippen LogP) is -0.509. The van der Waals surface area contributed by atoms with Gasteiger partial charge in [0.15, 0.2) is 0 Å². The van der Waals surface area contributed by atoms with Crippen molar-refractivity contribution in [3.05, 3.63) is 0 Å². The van der Waals surface area contributed by atoms with Crippen LogP contribution < -0.4 is 5.43 Å². The predicted molar refractivity (Wildman–Crippen MR) is 56.0 cm³/mol. The molecule has 15 heavy (non-hydrogen) atoms. The summed E-state index contributed by atoms with van der Waals surface area (Å²) < 4.78 is 34.5. The van der Waals surface area contributed by atoms with Gasteiger partial charge in [-0.15, -0.1) is 0 Å². The Hall–Kier alpha value is -0.210. The van der Waals surface area contributed by atoms with Crippen molar-refractivity contribution in [2.45, 2.75) is 12.8 Å². The molecule has 0 saturated carbocycles. The highest BCUT2D eigenvalue weighted by molar-refractivity contribution is 7.85. The van der Waals surface area contributed by atoms with Crippen LogP contribution in [0.1, 0.15) is 12.8 Å². The van der Waals surface area contributed by atoms with Crippen LogP contribution in [0.2, 0.25) is 0 Å². The van der Waals surface area contributed by atoms with Gasteiger partial charge in [-0.1, -0.05) is 0 Å². The Kier molecular flexibility index (Phi) is 5.48. The van der Waals surface area contributed by atoms with Gasteiger partial charge >= 0.3 is 0 Å². The second kappa shape index (κ2) is 6.39. The zero-order valence-electron chi connectivity index (χ0n) is 8.68. The molecule has 0 aliphatic carbocycles. The third-order valence-electron chi connectivity index (χ3n) is 2.18. The van der Waals surface area contributed by atoms with E-state index >= 15 is 0 Å². The monoisotopic (exact) mass is 238 g/mol. The number of unbranched alkanes of at least 4 members (excludes halogenated alkanes) is 1. The van der Waals surface area contributed by atoms with E-state index < -0.39 is 10.1 Å². The maximum atomic E-state index is 10.4. The van der Waals surface area contributed by atoms with Crippen LogP contribution in [0.15, 0.2) is 0 Å². The van der Waals surface area contributed by atoms with Crippen molar-refractivity contribution in [3.63, 3.8) is 0 Å². The molecule has 2 N–H and O–H groups in total. The molecule has 7 heteroatoms. The fourth-order valence-corrected chi connectivity index (χ4v) is 1.94. The molecule has 1 heterocycles. The van der Waals surface area contributed by atoms with Crippen LogP contribution in [-0.2, 0) is 14.9 Å². The molecule has 0 radical (unpaired) electrons. The van der Waals surface area contributed by atoms with Gasteiger partial charge in [0.05, 0.1) is 19.0 Å². The molecule has 0 aromatic rings. The lowest BCUT2D eigenvalue weighted by molar-refractivity contribution is 0.0119. The summed E-state index contributed by atoms with van der Waals surface area (Å²) in [5.74, 6) is -0.155. The Bertz CT molecular complexity index is 262. The largest absolute Gasteiger partial charge is 0.379 e. The van der Waals surface area contributed by atoms with E-state index in [-0.39, 0.29) is 5.75 Å². The van der Waals surface area contributed by atoms with Crippen molar-refractivity contribution >= 4 is 10.1 Å². The molecule has 90 valence electrons. The first-order chi connectivity index (χ1) is 7.08. The summed E-state index contributed by atoms with van der Waals surface area (Å²) in [4.78, 5) is 0. The molecule has 1 aliphatic heterocycles. The molecule has 1 aliphatic rings. The Balaban J connectivity index is 1.96. The smallest absolute Gasteiger partial charge is 0.264 e. The quantitative estimate of drug-likeness (QED) is 0.479. The van der Waals surface area contributed by atoms with E-state index in [1.54, 1.807) is 0 Å². The second-order valence-electron chi connectivity index (χ2n) is 3.50. The number of rotatable bonds is 6. The van der Waals surface area contributed by atoms with Gasteiger partial charge in [-0.05, 0) is 12.8 Å². The van der Waals surface area contributed by atoms with Crippen molar-refractivity contribution in [3.8, 4) is 0 Å². The highest BCUT2D eigenvalue weighted by Gasteiger charge is 2.09. The first-order valence-corrected chi connectivity index (χ1v) is 6.70. The van der Waals surface area contributed by atoms with Gasteiger partial charge in [0.25, 0.3) is 10.1 Å². The number of nitrogens with one attached hydrogen (secondary N) is 1. The van der Waals surface area contributed by atoms with E-state index in [9.17, 15) is 8.42 Å². The van der Waals surface area contributed by atoms with Crippen molar-refractivity contribution in [2.24, 2.45) is 0 Å². The van der Waals surface area contributed by atoms with Gasteiger partial charge in [-0.2, -0.15) is 8.42 Å². The highest BCUT2D eigenvalue weighted by atomic mass is 32.2. The molecular formula is C8H18N2O4S. The number of hydrogen-bond acceptors (Lipinski definition) is 5. The molecule has 0 unspecified atom stereocenters. The Morgan fingerprint density at radius 3 is 2.53 bits per heavy atom. The van der Waals surface area contributed by atoms with Gasteiger partial charge in [0.2, 0.25) is 0 Å². The number of hydrazine groups is 1. The van der Waals surface area contributed by atoms with Crippen molar-refractivity contribution in [2.75, 3.05) is 38.6 Å². The summed E-state index contributed by atoms with van der Waals surface area (Å²) >= 11 is 0. The van der Waals surface area contributed by atoms with Gasteiger partial charge in [0, 0.05) is 19.6 Å². The number of morpholine rings is 1. The fourth-order valence-electron chi connectivity index (χ4n) is 1.37. The highest BCUT2D eigenvalue weighted by Crippen LogP contribution is 1.95. The lowest BCUT2D eigenvalue weighted by atomic mass is 10.3. The van der Waals surface area contributed by atoms with Crippen LogP contribution in [-0.4, -0.2) is 56.6 Å². The van der Waals surface area contributed by atoms with E-state index in [0.717, 1.165) is 39.3 Å². The van der Waals surface area contributed by atoms with Crippen molar-refractivity contribution < 1.29 is 17.7 Å². The molecule has 0 aromatic carbocycles. The summed E-state index contributed by atoms with van der Waals surface area (Å²) in [7, 11) is -3.79. The van der Waals surface area contributed by atoms with E-state index in [2.05, 4.69) is 10.4 Å². The first-order valence-electron chi connectivity index (χ1n) is 5.09. The maximum absolute atomic E-state index is 10.4. The third kappa shape index (κ3) is 6.80. The topological polar surface area (TPSA) is 78.9 Å². The second-order valence-corrected chi connectivity index (χ2v) is 5.07. The molecule has 1 rings (SSSR count). The third-order valence-corrected chi connectivity index (χ3v) is 2.98. The zero-order valence-corrected chi connectivity index (χ0v) is 9.50. The van der Waals surface area contributed by atoms with Crippen LogP contribution >= 0.6 is 0 Å². The maximum Gasteiger partial charge on any atom is 0.264 e. The van der Waals surface area contributed by atoms with E-state index in [0.29, 0.717) is 6.42 Å². The summed E-state index contributed by atoms with van der Waals surface area (Å²) in [6.45, 7) is 3.92. The van der Waals surface area contributed by atoms with Gasteiger partial charge in [-0.25, -0.2) is 5.01 Å². The Morgan fingerprint density at radius 2 is 1.93 bits per heavy atom. The van der Waals surface area contributed by atoms with Gasteiger partial charge in [0.1, 0.15) is 0 Å². The number of ether oxygens (including phenoxy) is 1. The van der Waals surface area contributed by atoms with Crippen molar-refractivity contribution in [1.82, 2.24) is 10.4 Å². The van der Waals surface area contributed by atoms with Crippen LogP contribution in [0.4, 0.5) is 0 Å². The number of hydrogen-bond donors (Lipinski definition) is 2. The van der Waals surface area contributed by atoms with Gasteiger partial charge in [-0.3, -0.25) is 9.98 Å². The average Bonchev–Trinajstić information content (AvgIpc) is 2.17. The molecule has 1 fully saturated rings. The van der Waals surface area contributed by atoms with Crippen LogP contribution in [0.5, 0.6) is 0 Å². The van der Waals surface area contributed by atoms with Gasteiger partial charge < -0.3 is 4.74 Å². The van der Waals surface area contributed by atoms with Crippen LogP contribution in [0.3, 0.4) is 0 Å². The molecule has 0 amide bonds. The summed E-state index contributed by atoms with van der Waals surface area (Å²) in [5, 5.41) is 2.07. The fraction of sp³-hybridized carbons (Fsp3) is 1.00. The van der Waals surface area contributed by atoms with Crippen molar-refractivity contribution in [1.29, 1.82) is 0 Å². The normalized spacial score (nSPS) is 19.3. The lowest BCUT2D eigenvalue weighted by Crippen LogP contribution is -2.46. The molecule has 6 nitrogen and oxygen atoms in total. The van der Waals surface area contributed by atoms with E-state index in [1.165, 1.54) is 0 Å². The van der Waals surface area contributed by atoms with Crippen LogP contribution in [0, 0.1) is 0 Å². The SMILES string of the molecule is O=S(=O)(O)CCCCNN1CCOCC1. The summed E-state index contributed by atoms with van der Waals surface area (Å²) in [6, 6.07) is 0. The summed E-state index contributed by atoms with van der Waals surface area (Å²) in [5.41, 5.74) is 3.18. The summed E-state index contributed by atoms with van der Waals surface area (Å²) in [6.07, 6.45) is 1.22. The number of nitrogens with zero attached hydrogens (tertiary/aromatic N) is 1. The standard InChI is InChI=1S/C8H18N2O4S/c11-15(12,13)8-2-1-3-9-10-4-6-14-7-5-10/h9H,1-8H2,(H,11,12,13). The Morgan fingerprint density at radius 1 is 1.27 bits per heavy atom. The minimum Gasteiger partial charge on any atom is -0.379 e. The molecule has 0 aromatic heterocycles. The molecule has 1 saturated heterocycles. The van der Waals surface area contributed by atoms with E-state index in [1.807, 2.05) is 0 Å². The minimum absolute atomic E-state index is 0.155. The lowest BCUT2D eigenvalue weighted by Gasteiger charge is -2.27. The average molecular weight is 238 g/mol. The zero-order chi connectivity index (χ0) is 11.1. The molecular weight excluding hydrogens is 220 g/mol. The molecule has 0 spiro atoms. The first kappa shape index (κ1) is 12.9. The van der Waals surface area contributed by atoms with E-state index in [4.69, 9.17) is 9.29 Å². The minimum atomic E-state index is -3.79. The Labute approximate surface area is 90.3 Å². The van der Waals surface area contributed by atoms with Crippen LogP contribution in [0.25, 0.3) is 0 Å². The molecule has 0 atom stereocenters. The molecule has 0 bridgehead atoms.